The molecule has 2 aromatic carbocycles. The van der Waals surface area contributed by atoms with Crippen molar-refractivity contribution < 1.29 is 19.1 Å². The summed E-state index contributed by atoms with van der Waals surface area (Å²) in [7, 11) is 0. The third-order valence-electron chi connectivity index (χ3n) is 4.34. The Labute approximate surface area is 159 Å². The van der Waals surface area contributed by atoms with E-state index in [2.05, 4.69) is 26.1 Å². The Morgan fingerprint density at radius 2 is 1.78 bits per heavy atom. The number of ether oxygens (including phenoxy) is 2. The van der Waals surface area contributed by atoms with E-state index in [0.29, 0.717) is 17.2 Å². The molecule has 1 heterocycles. The number of anilines is 2. The quantitative estimate of drug-likeness (QED) is 0.893. The molecule has 0 saturated carbocycles. The molecular formula is C21H24N2O4. The molecule has 27 heavy (non-hydrogen) atoms. The number of para-hydroxylation sites is 1. The van der Waals surface area contributed by atoms with Crippen molar-refractivity contribution >= 4 is 23.2 Å². The van der Waals surface area contributed by atoms with Crippen LogP contribution in [0.25, 0.3) is 0 Å². The van der Waals surface area contributed by atoms with Crippen LogP contribution >= 0.6 is 0 Å². The minimum Gasteiger partial charge on any atom is -0.454 e. The molecule has 0 atom stereocenters. The molecule has 0 spiro atoms. The molecule has 3 rings (SSSR count). The summed E-state index contributed by atoms with van der Waals surface area (Å²) in [6.45, 7) is 7.81. The van der Waals surface area contributed by atoms with Crippen molar-refractivity contribution in [3.8, 4) is 11.5 Å². The maximum atomic E-state index is 12.6. The van der Waals surface area contributed by atoms with E-state index in [0.717, 1.165) is 11.3 Å². The smallest absolute Gasteiger partial charge is 0.244 e. The number of carbonyl (C=O) groups excluding carboxylic acids is 2. The fourth-order valence-corrected chi connectivity index (χ4v) is 3.03. The van der Waals surface area contributed by atoms with Gasteiger partial charge in [-0.25, -0.2) is 0 Å². The van der Waals surface area contributed by atoms with Crippen LogP contribution in [0.1, 0.15) is 33.3 Å². The minimum atomic E-state index is -0.284. The molecule has 6 nitrogen and oxygen atoms in total. The van der Waals surface area contributed by atoms with Crippen molar-refractivity contribution in [1.29, 1.82) is 0 Å². The summed E-state index contributed by atoms with van der Waals surface area (Å²) in [5, 5.41) is 2.82. The molecule has 0 aliphatic carbocycles. The van der Waals surface area contributed by atoms with E-state index < -0.39 is 0 Å². The Kier molecular flexibility index (Phi) is 5.08. The van der Waals surface area contributed by atoms with E-state index >= 15 is 0 Å². The van der Waals surface area contributed by atoms with Crippen LogP contribution in [-0.2, 0) is 15.0 Å². The molecule has 6 heteroatoms. The van der Waals surface area contributed by atoms with Crippen LogP contribution in [0.4, 0.5) is 11.4 Å². The number of nitrogens with one attached hydrogen (secondary N) is 1. The normalized spacial score (nSPS) is 12.6. The zero-order chi connectivity index (χ0) is 19.6. The Hall–Kier alpha value is -3.02. The first-order valence-electron chi connectivity index (χ1n) is 8.83. The number of amides is 2. The van der Waals surface area contributed by atoms with Crippen molar-refractivity contribution in [3.05, 3.63) is 48.0 Å². The number of benzene rings is 2. The molecule has 2 amide bonds. The van der Waals surface area contributed by atoms with Gasteiger partial charge in [0.05, 0.1) is 0 Å². The third-order valence-corrected chi connectivity index (χ3v) is 4.34. The van der Waals surface area contributed by atoms with Gasteiger partial charge in [-0.3, -0.25) is 9.59 Å². The molecule has 1 aliphatic rings. The summed E-state index contributed by atoms with van der Waals surface area (Å²) in [5.41, 5.74) is 2.20. The number of hydrogen-bond donors (Lipinski definition) is 1. The van der Waals surface area contributed by atoms with Crippen molar-refractivity contribution in [1.82, 2.24) is 0 Å². The Balaban J connectivity index is 1.79. The number of carbonyl (C=O) groups is 2. The van der Waals surface area contributed by atoms with E-state index in [1.807, 2.05) is 24.3 Å². The second kappa shape index (κ2) is 7.31. The Morgan fingerprint density at radius 1 is 1.07 bits per heavy atom. The van der Waals surface area contributed by atoms with Gasteiger partial charge in [-0.1, -0.05) is 39.0 Å². The van der Waals surface area contributed by atoms with Gasteiger partial charge in [0, 0.05) is 24.4 Å². The summed E-state index contributed by atoms with van der Waals surface area (Å²) in [6, 6.07) is 12.9. The predicted molar refractivity (Wildman–Crippen MR) is 104 cm³/mol. The second-order valence-electron chi connectivity index (χ2n) is 7.49. The lowest BCUT2D eigenvalue weighted by Crippen LogP contribution is -2.38. The molecule has 2 aromatic rings. The summed E-state index contributed by atoms with van der Waals surface area (Å²) in [4.78, 5) is 26.4. The van der Waals surface area contributed by atoms with Crippen molar-refractivity contribution in [2.45, 2.75) is 33.1 Å². The van der Waals surface area contributed by atoms with Gasteiger partial charge in [0.25, 0.3) is 0 Å². The lowest BCUT2D eigenvalue weighted by atomic mass is 9.85. The molecule has 1 aliphatic heterocycles. The van der Waals surface area contributed by atoms with E-state index in [1.165, 1.54) is 11.8 Å². The van der Waals surface area contributed by atoms with Gasteiger partial charge in [0.2, 0.25) is 18.6 Å². The summed E-state index contributed by atoms with van der Waals surface area (Å²) in [5.74, 6) is 0.770. The molecular weight excluding hydrogens is 344 g/mol. The topological polar surface area (TPSA) is 67.9 Å². The highest BCUT2D eigenvalue weighted by Crippen LogP contribution is 2.34. The van der Waals surface area contributed by atoms with Crippen LogP contribution in [0, 0.1) is 0 Å². The lowest BCUT2D eigenvalue weighted by Gasteiger charge is -2.29. The van der Waals surface area contributed by atoms with E-state index in [1.54, 1.807) is 18.2 Å². The largest absolute Gasteiger partial charge is 0.454 e. The average Bonchev–Trinajstić information content (AvgIpc) is 3.06. The predicted octanol–water partition coefficient (Wildman–Crippen LogP) is 3.70. The molecule has 0 radical (unpaired) electrons. The maximum absolute atomic E-state index is 12.6. The Morgan fingerprint density at radius 3 is 2.48 bits per heavy atom. The van der Waals surface area contributed by atoms with Gasteiger partial charge in [-0.05, 0) is 29.2 Å². The molecule has 0 saturated heterocycles. The Bertz CT molecular complexity index is 871. The first-order chi connectivity index (χ1) is 12.8. The van der Waals surface area contributed by atoms with Crippen molar-refractivity contribution in [2.24, 2.45) is 0 Å². The molecule has 0 unspecified atom stereocenters. The van der Waals surface area contributed by atoms with Gasteiger partial charge in [0.1, 0.15) is 6.54 Å². The number of nitrogens with zero attached hydrogens (tertiary/aromatic N) is 1. The van der Waals surface area contributed by atoms with Crippen LogP contribution in [0.2, 0.25) is 0 Å². The standard InChI is InChI=1S/C21H24N2O4/c1-14(24)23(17-8-6-5-7-16(17)21(2,3)4)12-20(25)22-15-9-10-18-19(11-15)27-13-26-18/h5-11H,12-13H2,1-4H3,(H,22,25). The van der Waals surface area contributed by atoms with Gasteiger partial charge in [-0.2, -0.15) is 0 Å². The third kappa shape index (κ3) is 4.22. The SMILES string of the molecule is CC(=O)N(CC(=O)Nc1ccc2c(c1)OCO2)c1ccccc1C(C)(C)C. The second-order valence-corrected chi connectivity index (χ2v) is 7.49. The van der Waals surface area contributed by atoms with Gasteiger partial charge < -0.3 is 19.7 Å². The lowest BCUT2D eigenvalue weighted by molar-refractivity contribution is -0.120. The highest BCUT2D eigenvalue weighted by Gasteiger charge is 2.24. The van der Waals surface area contributed by atoms with Gasteiger partial charge >= 0.3 is 0 Å². The van der Waals surface area contributed by atoms with E-state index in [4.69, 9.17) is 9.47 Å². The monoisotopic (exact) mass is 368 g/mol. The zero-order valence-corrected chi connectivity index (χ0v) is 16.0. The first-order valence-corrected chi connectivity index (χ1v) is 8.83. The average molecular weight is 368 g/mol. The van der Waals surface area contributed by atoms with Crippen LogP contribution in [0.5, 0.6) is 11.5 Å². The fourth-order valence-electron chi connectivity index (χ4n) is 3.03. The van der Waals surface area contributed by atoms with Crippen molar-refractivity contribution in [2.75, 3.05) is 23.6 Å². The summed E-state index contributed by atoms with van der Waals surface area (Å²) in [6.07, 6.45) is 0. The van der Waals surface area contributed by atoms with E-state index in [-0.39, 0.29) is 30.6 Å². The van der Waals surface area contributed by atoms with Gasteiger partial charge in [0.15, 0.2) is 11.5 Å². The number of hydrogen-bond acceptors (Lipinski definition) is 4. The highest BCUT2D eigenvalue weighted by molar-refractivity contribution is 6.02. The maximum Gasteiger partial charge on any atom is 0.244 e. The van der Waals surface area contributed by atoms with E-state index in [9.17, 15) is 9.59 Å². The number of fused-ring (bicyclic) bond motifs is 1. The fraction of sp³-hybridized carbons (Fsp3) is 0.333. The first kappa shape index (κ1) is 18.8. The summed E-state index contributed by atoms with van der Waals surface area (Å²) < 4.78 is 10.6. The zero-order valence-electron chi connectivity index (χ0n) is 16.0. The highest BCUT2D eigenvalue weighted by atomic mass is 16.7. The van der Waals surface area contributed by atoms with Crippen molar-refractivity contribution in [3.63, 3.8) is 0 Å². The van der Waals surface area contributed by atoms with Crippen LogP contribution < -0.4 is 19.7 Å². The molecule has 0 aromatic heterocycles. The van der Waals surface area contributed by atoms with Crippen LogP contribution in [0.15, 0.2) is 42.5 Å². The van der Waals surface area contributed by atoms with Crippen LogP contribution in [-0.4, -0.2) is 25.2 Å². The summed E-state index contributed by atoms with van der Waals surface area (Å²) >= 11 is 0. The molecule has 142 valence electrons. The van der Waals surface area contributed by atoms with Gasteiger partial charge in [-0.15, -0.1) is 0 Å². The molecule has 1 N–H and O–H groups in total. The molecule has 0 bridgehead atoms. The minimum absolute atomic E-state index is 0.0726. The van der Waals surface area contributed by atoms with Crippen LogP contribution in [0.3, 0.4) is 0 Å². The molecule has 0 fully saturated rings. The number of rotatable bonds is 4.